The van der Waals surface area contributed by atoms with E-state index < -0.39 is 23.3 Å². The van der Waals surface area contributed by atoms with Gasteiger partial charge in [0.25, 0.3) is 0 Å². The second kappa shape index (κ2) is 13.7. The molecule has 0 unspecified atom stereocenters. The third-order valence-corrected chi connectivity index (χ3v) is 1.98. The zero-order valence-electron chi connectivity index (χ0n) is 12.0. The SMILES string of the molecule is O=C([O-])c1cccc(C(=O)[O-])n1.[O-2].[V+4].c1c[nH]cn1.c1c[nH]cn1. The Morgan fingerprint density at radius 1 is 0.875 bits per heavy atom. The van der Waals surface area contributed by atoms with E-state index in [9.17, 15) is 19.8 Å². The second-order valence-electron chi connectivity index (χ2n) is 3.50. The van der Waals surface area contributed by atoms with Crippen LogP contribution in [-0.2, 0) is 24.0 Å². The number of aromatic amines is 2. The summed E-state index contributed by atoms with van der Waals surface area (Å²) in [6.07, 6.45) is 10.2. The molecule has 0 aliphatic rings. The van der Waals surface area contributed by atoms with Crippen molar-refractivity contribution in [3.05, 3.63) is 67.0 Å². The molecule has 10 nitrogen and oxygen atoms in total. The quantitative estimate of drug-likeness (QED) is 0.552. The number of pyridine rings is 1. The van der Waals surface area contributed by atoms with Gasteiger partial charge >= 0.3 is 18.6 Å². The van der Waals surface area contributed by atoms with Crippen LogP contribution in [0.5, 0.6) is 0 Å². The Morgan fingerprint density at radius 3 is 1.50 bits per heavy atom. The predicted molar refractivity (Wildman–Crippen MR) is 70.8 cm³/mol. The first-order valence-electron chi connectivity index (χ1n) is 5.86. The Kier molecular flexibility index (Phi) is 13.3. The molecule has 0 saturated heterocycles. The standard InChI is InChI=1S/C7H5NO4.2C3H4N2.O.V/c9-6(10)4-2-1-3-5(8-4)7(11)12;2*1-2-5-3-4-1;;/h1-3H,(H,9,10)(H,11,12);2*1-3H,(H,4,5);;/q;;;-2;+4/p-2. The first-order chi connectivity index (χ1) is 10.6. The molecule has 1 radical (unpaired) electrons. The minimum absolute atomic E-state index is 0. The molecule has 3 aromatic rings. The van der Waals surface area contributed by atoms with Crippen LogP contribution in [0.2, 0.25) is 0 Å². The van der Waals surface area contributed by atoms with Crippen LogP contribution in [-0.4, -0.2) is 36.9 Å². The number of carboxylic acid groups (broad SMARTS) is 2. The van der Waals surface area contributed by atoms with Crippen LogP contribution in [0.1, 0.15) is 21.0 Å². The summed E-state index contributed by atoms with van der Waals surface area (Å²) >= 11 is 0. The first-order valence-corrected chi connectivity index (χ1v) is 5.86. The molecule has 3 heterocycles. The third-order valence-electron chi connectivity index (χ3n) is 1.98. The molecule has 0 atom stereocenters. The number of nitrogens with zero attached hydrogens (tertiary/aromatic N) is 3. The molecule has 2 N–H and O–H groups in total. The van der Waals surface area contributed by atoms with Crippen molar-refractivity contribution in [3.63, 3.8) is 0 Å². The van der Waals surface area contributed by atoms with Gasteiger partial charge in [-0.3, -0.25) is 0 Å². The van der Waals surface area contributed by atoms with E-state index in [2.05, 4.69) is 24.9 Å². The van der Waals surface area contributed by atoms with E-state index in [4.69, 9.17) is 0 Å². The minimum Gasteiger partial charge on any atom is -2.00 e. The summed E-state index contributed by atoms with van der Waals surface area (Å²) in [5, 5.41) is 20.4. The average molecular weight is 368 g/mol. The normalized spacial score (nSPS) is 8.00. The van der Waals surface area contributed by atoms with Crippen molar-refractivity contribution in [1.29, 1.82) is 0 Å². The molecule has 0 aliphatic carbocycles. The molecule has 0 bridgehead atoms. The molecule has 3 aromatic heterocycles. The fraction of sp³-hybridized carbons (Fsp3) is 0. The fourth-order valence-electron chi connectivity index (χ4n) is 1.09. The van der Waals surface area contributed by atoms with Crippen LogP contribution in [0.15, 0.2) is 55.6 Å². The zero-order valence-corrected chi connectivity index (χ0v) is 13.4. The topological polar surface area (TPSA) is 179 Å². The van der Waals surface area contributed by atoms with Gasteiger partial charge in [0.1, 0.15) is 0 Å². The van der Waals surface area contributed by atoms with E-state index in [0.29, 0.717) is 0 Å². The molecule has 0 saturated carbocycles. The summed E-state index contributed by atoms with van der Waals surface area (Å²) in [6, 6.07) is 3.53. The molecule has 0 fully saturated rings. The Morgan fingerprint density at radius 2 is 1.29 bits per heavy atom. The summed E-state index contributed by atoms with van der Waals surface area (Å²) in [5.74, 6) is -3.03. The summed E-state index contributed by atoms with van der Waals surface area (Å²) in [6.45, 7) is 0. The van der Waals surface area contributed by atoms with E-state index in [1.54, 1.807) is 37.4 Å². The molecule has 3 rings (SSSR count). The van der Waals surface area contributed by atoms with Crippen LogP contribution >= 0.6 is 0 Å². The molecular formula is C13H11N5O5V. The second-order valence-corrected chi connectivity index (χ2v) is 3.50. The Balaban J connectivity index is 0. The number of hydrogen-bond donors (Lipinski definition) is 2. The minimum atomic E-state index is -1.52. The van der Waals surface area contributed by atoms with Crippen LogP contribution < -0.4 is 10.2 Å². The number of carbonyl (C=O) groups is 2. The van der Waals surface area contributed by atoms with Crippen LogP contribution in [0, 0.1) is 0 Å². The Hall–Kier alpha value is -2.95. The van der Waals surface area contributed by atoms with E-state index in [1.165, 1.54) is 6.07 Å². The Labute approximate surface area is 148 Å². The maximum absolute atomic E-state index is 10.2. The number of nitrogens with one attached hydrogen (secondary N) is 2. The van der Waals surface area contributed by atoms with E-state index in [1.807, 2.05) is 0 Å². The van der Waals surface area contributed by atoms with E-state index in [0.717, 1.165) is 12.1 Å². The summed E-state index contributed by atoms with van der Waals surface area (Å²) in [7, 11) is 0. The molecular weight excluding hydrogens is 357 g/mol. The summed E-state index contributed by atoms with van der Waals surface area (Å²) in [4.78, 5) is 36.5. The monoisotopic (exact) mass is 368 g/mol. The number of carbonyl (C=O) groups excluding carboxylic acids is 2. The molecule has 11 heteroatoms. The van der Waals surface area contributed by atoms with Crippen LogP contribution in [0.3, 0.4) is 0 Å². The van der Waals surface area contributed by atoms with Gasteiger partial charge < -0.3 is 35.2 Å². The van der Waals surface area contributed by atoms with Crippen molar-refractivity contribution >= 4 is 11.9 Å². The summed E-state index contributed by atoms with van der Waals surface area (Å²) in [5.41, 5.74) is -0.839. The first kappa shape index (κ1) is 23.3. The van der Waals surface area contributed by atoms with Gasteiger partial charge in [-0.2, -0.15) is 0 Å². The van der Waals surface area contributed by atoms with Gasteiger partial charge in [0.15, 0.2) is 0 Å². The van der Waals surface area contributed by atoms with Gasteiger partial charge in [0.05, 0.1) is 36.0 Å². The van der Waals surface area contributed by atoms with Gasteiger partial charge in [-0.05, 0) is 12.1 Å². The Bertz CT molecular complexity index is 586. The molecule has 0 aliphatic heterocycles. The van der Waals surface area contributed by atoms with Gasteiger partial charge in [0, 0.05) is 24.8 Å². The number of aromatic carboxylic acids is 2. The molecule has 123 valence electrons. The number of hydrogen-bond acceptors (Lipinski definition) is 7. The molecule has 0 spiro atoms. The molecule has 0 amide bonds. The van der Waals surface area contributed by atoms with Gasteiger partial charge in [-0.1, -0.05) is 6.07 Å². The van der Waals surface area contributed by atoms with Crippen LogP contribution in [0.25, 0.3) is 0 Å². The van der Waals surface area contributed by atoms with Crippen molar-refractivity contribution in [1.82, 2.24) is 24.9 Å². The maximum Gasteiger partial charge on any atom is 4.00 e. The van der Waals surface area contributed by atoms with E-state index in [-0.39, 0.29) is 24.0 Å². The van der Waals surface area contributed by atoms with Crippen molar-refractivity contribution in [2.75, 3.05) is 0 Å². The fourth-order valence-corrected chi connectivity index (χ4v) is 1.09. The van der Waals surface area contributed by atoms with Gasteiger partial charge in [0.2, 0.25) is 0 Å². The van der Waals surface area contributed by atoms with Crippen molar-refractivity contribution in [2.45, 2.75) is 0 Å². The summed E-state index contributed by atoms with van der Waals surface area (Å²) < 4.78 is 0. The predicted octanol–water partition coefficient (Wildman–Crippen LogP) is -1.49. The maximum atomic E-state index is 10.2. The van der Waals surface area contributed by atoms with Gasteiger partial charge in [-0.25, -0.2) is 15.0 Å². The average Bonchev–Trinajstić information content (AvgIpc) is 3.25. The molecule has 0 aromatic carbocycles. The largest absolute Gasteiger partial charge is 4.00 e. The number of carboxylic acids is 2. The van der Waals surface area contributed by atoms with Crippen molar-refractivity contribution in [2.24, 2.45) is 0 Å². The van der Waals surface area contributed by atoms with E-state index >= 15 is 0 Å². The number of H-pyrrole nitrogens is 2. The number of imidazole rings is 2. The number of rotatable bonds is 2. The molecule has 24 heavy (non-hydrogen) atoms. The third kappa shape index (κ3) is 9.89. The number of aromatic nitrogens is 5. The van der Waals surface area contributed by atoms with Gasteiger partial charge in [-0.15, -0.1) is 0 Å². The van der Waals surface area contributed by atoms with Crippen molar-refractivity contribution < 1.29 is 43.8 Å². The smallest absolute Gasteiger partial charge is 2.00 e. The zero-order chi connectivity index (χ0) is 16.2. The van der Waals surface area contributed by atoms with Crippen molar-refractivity contribution in [3.8, 4) is 0 Å². The van der Waals surface area contributed by atoms with Crippen LogP contribution in [0.4, 0.5) is 0 Å².